The molecule has 0 saturated heterocycles. The molecule has 1 aromatic rings. The van der Waals surface area contributed by atoms with Gasteiger partial charge in [0.1, 0.15) is 0 Å². The fraction of sp³-hybridized carbons (Fsp3) is 0.833. The minimum absolute atomic E-state index is 0.411. The molecule has 0 radical (unpaired) electrons. The molecule has 1 aromatic heterocycles. The largest absolute Gasteiger partial charge is 0.387 e. The molecular formula is C12H23N3O. The molecule has 0 spiro atoms. The summed E-state index contributed by atoms with van der Waals surface area (Å²) >= 11 is 0. The third-order valence-electron chi connectivity index (χ3n) is 2.92. The van der Waals surface area contributed by atoms with Crippen LogP contribution in [-0.2, 0) is 7.05 Å². The summed E-state index contributed by atoms with van der Waals surface area (Å²) in [5.41, 5.74) is 0.813. The highest BCUT2D eigenvalue weighted by molar-refractivity contribution is 4.97. The van der Waals surface area contributed by atoms with Crippen LogP contribution in [0.4, 0.5) is 0 Å². The number of aromatic nitrogens is 3. The van der Waals surface area contributed by atoms with E-state index in [0.29, 0.717) is 0 Å². The Balaban J connectivity index is 2.11. The SMILES string of the molecule is CCCCCCCCC(O)c1cnnn1C. The molecule has 4 heteroatoms. The van der Waals surface area contributed by atoms with Crippen LogP contribution >= 0.6 is 0 Å². The minimum atomic E-state index is -0.411. The Hall–Kier alpha value is -0.900. The van der Waals surface area contributed by atoms with E-state index in [-0.39, 0.29) is 0 Å². The summed E-state index contributed by atoms with van der Waals surface area (Å²) in [4.78, 5) is 0. The molecule has 0 amide bonds. The summed E-state index contributed by atoms with van der Waals surface area (Å²) in [7, 11) is 1.81. The molecule has 1 rings (SSSR count). The van der Waals surface area contributed by atoms with Crippen molar-refractivity contribution >= 4 is 0 Å². The van der Waals surface area contributed by atoms with Gasteiger partial charge in [0, 0.05) is 7.05 Å². The van der Waals surface area contributed by atoms with Gasteiger partial charge in [-0.05, 0) is 6.42 Å². The lowest BCUT2D eigenvalue weighted by Crippen LogP contribution is -2.05. The van der Waals surface area contributed by atoms with E-state index in [9.17, 15) is 5.11 Å². The second-order valence-corrected chi connectivity index (χ2v) is 4.35. The van der Waals surface area contributed by atoms with Crippen LogP contribution in [0.2, 0.25) is 0 Å². The van der Waals surface area contributed by atoms with Gasteiger partial charge in [-0.25, -0.2) is 4.68 Å². The van der Waals surface area contributed by atoms with Crippen LogP contribution < -0.4 is 0 Å². The van der Waals surface area contributed by atoms with E-state index < -0.39 is 6.10 Å². The molecule has 0 aliphatic rings. The van der Waals surface area contributed by atoms with E-state index >= 15 is 0 Å². The highest BCUT2D eigenvalue weighted by Crippen LogP contribution is 2.18. The Morgan fingerprint density at radius 3 is 2.56 bits per heavy atom. The Labute approximate surface area is 97.7 Å². The van der Waals surface area contributed by atoms with Crippen molar-refractivity contribution in [2.24, 2.45) is 7.05 Å². The molecule has 16 heavy (non-hydrogen) atoms. The van der Waals surface area contributed by atoms with Crippen molar-refractivity contribution in [3.63, 3.8) is 0 Å². The van der Waals surface area contributed by atoms with Crippen LogP contribution in [0.1, 0.15) is 63.7 Å². The molecule has 0 aliphatic carbocycles. The summed E-state index contributed by atoms with van der Waals surface area (Å²) in [6, 6.07) is 0. The quantitative estimate of drug-likeness (QED) is 0.692. The van der Waals surface area contributed by atoms with Crippen molar-refractivity contribution < 1.29 is 5.11 Å². The molecule has 1 unspecified atom stereocenters. The minimum Gasteiger partial charge on any atom is -0.387 e. The molecule has 0 aromatic carbocycles. The number of aryl methyl sites for hydroxylation is 1. The second kappa shape index (κ2) is 7.39. The van der Waals surface area contributed by atoms with E-state index in [2.05, 4.69) is 17.2 Å². The predicted octanol–water partition coefficient (Wildman–Crippen LogP) is 2.60. The molecule has 4 nitrogen and oxygen atoms in total. The second-order valence-electron chi connectivity index (χ2n) is 4.35. The highest BCUT2D eigenvalue weighted by Gasteiger charge is 2.11. The Kier molecular flexibility index (Phi) is 6.08. The molecule has 0 fully saturated rings. The van der Waals surface area contributed by atoms with Gasteiger partial charge in [-0.3, -0.25) is 0 Å². The van der Waals surface area contributed by atoms with Crippen LogP contribution in [0, 0.1) is 0 Å². The summed E-state index contributed by atoms with van der Waals surface area (Å²) in [5, 5.41) is 17.5. The van der Waals surface area contributed by atoms with Gasteiger partial charge in [0.25, 0.3) is 0 Å². The molecule has 1 heterocycles. The number of hydrogen-bond acceptors (Lipinski definition) is 3. The molecule has 92 valence electrons. The van der Waals surface area contributed by atoms with Gasteiger partial charge in [-0.1, -0.05) is 50.7 Å². The van der Waals surface area contributed by atoms with Gasteiger partial charge >= 0.3 is 0 Å². The zero-order valence-corrected chi connectivity index (χ0v) is 10.4. The number of hydrogen-bond donors (Lipinski definition) is 1. The molecule has 0 aliphatic heterocycles. The average Bonchev–Trinajstić information content (AvgIpc) is 2.69. The maximum atomic E-state index is 9.89. The first kappa shape index (κ1) is 13.2. The number of nitrogens with zero attached hydrogens (tertiary/aromatic N) is 3. The highest BCUT2D eigenvalue weighted by atomic mass is 16.3. The van der Waals surface area contributed by atoms with Crippen LogP contribution in [0.15, 0.2) is 6.20 Å². The first-order chi connectivity index (χ1) is 7.75. The van der Waals surface area contributed by atoms with Gasteiger partial charge in [-0.15, -0.1) is 5.10 Å². The average molecular weight is 225 g/mol. The lowest BCUT2D eigenvalue weighted by molar-refractivity contribution is 0.154. The van der Waals surface area contributed by atoms with E-state index in [1.165, 1.54) is 32.1 Å². The smallest absolute Gasteiger partial charge is 0.0972 e. The van der Waals surface area contributed by atoms with Crippen molar-refractivity contribution in [1.29, 1.82) is 0 Å². The fourth-order valence-electron chi connectivity index (χ4n) is 1.87. The van der Waals surface area contributed by atoms with E-state index in [4.69, 9.17) is 0 Å². The van der Waals surface area contributed by atoms with E-state index in [0.717, 1.165) is 18.5 Å². The number of rotatable bonds is 8. The molecule has 0 bridgehead atoms. The maximum absolute atomic E-state index is 9.89. The van der Waals surface area contributed by atoms with E-state index in [1.54, 1.807) is 10.9 Å². The van der Waals surface area contributed by atoms with Gasteiger partial charge in [0.05, 0.1) is 18.0 Å². The van der Waals surface area contributed by atoms with Gasteiger partial charge in [-0.2, -0.15) is 0 Å². The number of aliphatic hydroxyl groups excluding tert-OH is 1. The fourth-order valence-corrected chi connectivity index (χ4v) is 1.87. The lowest BCUT2D eigenvalue weighted by atomic mass is 10.1. The van der Waals surface area contributed by atoms with E-state index in [1.807, 2.05) is 7.05 Å². The molecular weight excluding hydrogens is 202 g/mol. The van der Waals surface area contributed by atoms with Crippen LogP contribution in [0.25, 0.3) is 0 Å². The van der Waals surface area contributed by atoms with Crippen LogP contribution in [0.5, 0.6) is 0 Å². The zero-order valence-electron chi connectivity index (χ0n) is 10.4. The maximum Gasteiger partial charge on any atom is 0.0972 e. The third kappa shape index (κ3) is 4.31. The normalized spacial score (nSPS) is 12.9. The summed E-state index contributed by atoms with van der Waals surface area (Å²) in [6.07, 6.45) is 9.54. The number of unbranched alkanes of at least 4 members (excludes halogenated alkanes) is 5. The van der Waals surface area contributed by atoms with Crippen LogP contribution in [0.3, 0.4) is 0 Å². The molecule has 1 N–H and O–H groups in total. The standard InChI is InChI=1S/C12H23N3O/c1-3-4-5-6-7-8-9-12(16)11-10-13-14-15(11)2/h10,12,16H,3-9H2,1-2H3. The lowest BCUT2D eigenvalue weighted by Gasteiger charge is -2.09. The van der Waals surface area contributed by atoms with Crippen molar-refractivity contribution in [2.75, 3.05) is 0 Å². The van der Waals surface area contributed by atoms with Gasteiger partial charge < -0.3 is 5.11 Å². The van der Waals surface area contributed by atoms with Crippen LogP contribution in [-0.4, -0.2) is 20.1 Å². The summed E-state index contributed by atoms with van der Waals surface area (Å²) < 4.78 is 1.64. The van der Waals surface area contributed by atoms with Crippen molar-refractivity contribution in [3.8, 4) is 0 Å². The monoisotopic (exact) mass is 225 g/mol. The third-order valence-corrected chi connectivity index (χ3v) is 2.92. The molecule has 0 saturated carbocycles. The number of aliphatic hydroxyl groups is 1. The first-order valence-electron chi connectivity index (χ1n) is 6.28. The van der Waals surface area contributed by atoms with Gasteiger partial charge in [0.2, 0.25) is 0 Å². The van der Waals surface area contributed by atoms with Crippen molar-refractivity contribution in [3.05, 3.63) is 11.9 Å². The van der Waals surface area contributed by atoms with Crippen molar-refractivity contribution in [2.45, 2.75) is 58.0 Å². The Morgan fingerprint density at radius 2 is 1.94 bits per heavy atom. The van der Waals surface area contributed by atoms with Gasteiger partial charge in [0.15, 0.2) is 0 Å². The Morgan fingerprint density at radius 1 is 1.25 bits per heavy atom. The molecule has 1 atom stereocenters. The van der Waals surface area contributed by atoms with Crippen molar-refractivity contribution in [1.82, 2.24) is 15.0 Å². The first-order valence-corrected chi connectivity index (χ1v) is 6.28. The Bertz CT molecular complexity index is 286. The predicted molar refractivity (Wildman–Crippen MR) is 64.0 cm³/mol. The summed E-state index contributed by atoms with van der Waals surface area (Å²) in [6.45, 7) is 2.22. The topological polar surface area (TPSA) is 50.9 Å². The summed E-state index contributed by atoms with van der Waals surface area (Å²) in [5.74, 6) is 0. The zero-order chi connectivity index (χ0) is 11.8.